The van der Waals surface area contributed by atoms with E-state index in [-0.39, 0.29) is 8.84 Å². The maximum absolute atomic E-state index is 4.13. The van der Waals surface area contributed by atoms with Crippen LogP contribution in [0, 0.1) is 11.3 Å². The lowest BCUT2D eigenvalue weighted by Crippen LogP contribution is -2.35. The number of halogens is 1. The molecule has 0 saturated heterocycles. The summed E-state index contributed by atoms with van der Waals surface area (Å²) in [5.41, 5.74) is 4.57. The van der Waals surface area contributed by atoms with Gasteiger partial charge in [-0.05, 0) is 24.8 Å². The van der Waals surface area contributed by atoms with Crippen molar-refractivity contribution in [2.24, 2.45) is 16.4 Å². The van der Waals surface area contributed by atoms with Gasteiger partial charge in [-0.3, -0.25) is 5.43 Å². The molecule has 0 unspecified atom stereocenters. The van der Waals surface area contributed by atoms with Gasteiger partial charge in [0.1, 0.15) is 0 Å². The minimum atomic E-state index is 0.201. The Morgan fingerprint density at radius 1 is 1.29 bits per heavy atom. The fourth-order valence-corrected chi connectivity index (χ4v) is 2.12. The van der Waals surface area contributed by atoms with E-state index in [4.69, 9.17) is 0 Å². The Morgan fingerprint density at radius 2 is 1.86 bits per heavy atom. The van der Waals surface area contributed by atoms with Crippen LogP contribution in [-0.4, -0.2) is 9.64 Å². The van der Waals surface area contributed by atoms with Gasteiger partial charge in [0.15, 0.2) is 0 Å². The first-order chi connectivity index (χ1) is 6.23. The van der Waals surface area contributed by atoms with Crippen LogP contribution in [0.1, 0.15) is 34.6 Å². The van der Waals surface area contributed by atoms with Gasteiger partial charge in [-0.15, -0.1) is 0 Å². The molecule has 0 aromatic heterocycles. The number of rotatable bonds is 1. The van der Waals surface area contributed by atoms with Crippen molar-refractivity contribution in [3.63, 3.8) is 0 Å². The van der Waals surface area contributed by atoms with Crippen LogP contribution in [0.5, 0.6) is 0 Å². The summed E-state index contributed by atoms with van der Waals surface area (Å²) in [4.78, 5) is 0. The summed E-state index contributed by atoms with van der Waals surface area (Å²) in [5.74, 6) is 0.421. The molecular formula is C11H19IN2. The van der Waals surface area contributed by atoms with E-state index in [1.54, 1.807) is 0 Å². The number of hydrogen-bond donors (Lipinski definition) is 1. The fourth-order valence-electron chi connectivity index (χ4n) is 1.62. The lowest BCUT2D eigenvalue weighted by atomic mass is 9.75. The highest BCUT2D eigenvalue weighted by Gasteiger charge is 2.35. The first-order valence-corrected chi connectivity index (χ1v) is 5.99. The molecule has 2 nitrogen and oxygen atoms in total. The number of nitrogens with one attached hydrogen (secondary N) is 1. The Balaban J connectivity index is 2.99. The topological polar surface area (TPSA) is 24.4 Å². The van der Waals surface area contributed by atoms with Crippen LogP contribution in [0.3, 0.4) is 0 Å². The van der Waals surface area contributed by atoms with Crippen LogP contribution in [0.25, 0.3) is 0 Å². The molecule has 0 amide bonds. The van der Waals surface area contributed by atoms with Gasteiger partial charge in [-0.25, -0.2) is 0 Å². The minimum absolute atomic E-state index is 0.201. The van der Waals surface area contributed by atoms with Crippen LogP contribution >= 0.6 is 22.6 Å². The van der Waals surface area contributed by atoms with Gasteiger partial charge >= 0.3 is 0 Å². The third kappa shape index (κ3) is 2.72. The van der Waals surface area contributed by atoms with Gasteiger partial charge in [0, 0.05) is 21.8 Å². The maximum Gasteiger partial charge on any atom is 0.0334 e. The zero-order valence-corrected chi connectivity index (χ0v) is 11.7. The van der Waals surface area contributed by atoms with E-state index in [0.29, 0.717) is 5.92 Å². The summed E-state index contributed by atoms with van der Waals surface area (Å²) in [6.07, 6.45) is 4.07. The van der Waals surface area contributed by atoms with Crippen LogP contribution in [0.15, 0.2) is 16.9 Å². The van der Waals surface area contributed by atoms with Gasteiger partial charge in [-0.2, -0.15) is 5.10 Å². The van der Waals surface area contributed by atoms with E-state index in [1.165, 1.54) is 5.57 Å². The molecule has 1 aliphatic heterocycles. The molecule has 0 aliphatic carbocycles. The number of nitrogens with zero attached hydrogens (tertiary/aromatic N) is 1. The molecule has 1 heterocycles. The van der Waals surface area contributed by atoms with E-state index < -0.39 is 0 Å². The van der Waals surface area contributed by atoms with Crippen molar-refractivity contribution >= 4 is 28.8 Å². The average Bonchev–Trinajstić information content (AvgIpc) is 2.01. The molecule has 80 valence electrons. The molecule has 1 aliphatic rings. The van der Waals surface area contributed by atoms with Gasteiger partial charge in [0.05, 0.1) is 0 Å². The molecule has 1 N–H and O–H groups in total. The van der Waals surface area contributed by atoms with Crippen molar-refractivity contribution < 1.29 is 0 Å². The zero-order chi connectivity index (χ0) is 11.0. The molecule has 3 heteroatoms. The standard InChI is InChI=1S/C11H19IN2/c1-10(2,3)8-6-13-14-7-9(8)11(4,5)12/h6-7,9,13H,1-5H3/t9-/m1/s1. The second-order valence-electron chi connectivity index (χ2n) is 5.30. The number of hydrazone groups is 1. The molecule has 0 bridgehead atoms. The summed E-state index contributed by atoms with van der Waals surface area (Å²) >= 11 is 2.49. The quantitative estimate of drug-likeness (QED) is 0.583. The highest BCUT2D eigenvalue weighted by Crippen LogP contribution is 2.40. The van der Waals surface area contributed by atoms with Crippen molar-refractivity contribution in [1.82, 2.24) is 5.43 Å². The fraction of sp³-hybridized carbons (Fsp3) is 0.727. The van der Waals surface area contributed by atoms with E-state index in [0.717, 1.165) is 0 Å². The molecule has 1 atom stereocenters. The Labute approximate surface area is 100 Å². The predicted octanol–water partition coefficient (Wildman–Crippen LogP) is 3.34. The third-order valence-electron chi connectivity index (χ3n) is 2.46. The Kier molecular flexibility index (Phi) is 3.29. The second kappa shape index (κ2) is 3.83. The Morgan fingerprint density at radius 3 is 2.21 bits per heavy atom. The molecule has 14 heavy (non-hydrogen) atoms. The molecule has 0 spiro atoms. The molecule has 0 radical (unpaired) electrons. The third-order valence-corrected chi connectivity index (χ3v) is 3.13. The van der Waals surface area contributed by atoms with E-state index in [9.17, 15) is 0 Å². The van der Waals surface area contributed by atoms with Crippen molar-refractivity contribution in [2.75, 3.05) is 0 Å². The normalized spacial score (nSPS) is 23.0. The van der Waals surface area contributed by atoms with E-state index in [2.05, 4.69) is 67.7 Å². The van der Waals surface area contributed by atoms with Gasteiger partial charge in [0.2, 0.25) is 0 Å². The summed E-state index contributed by atoms with van der Waals surface area (Å²) in [5, 5.41) is 4.13. The van der Waals surface area contributed by atoms with Crippen LogP contribution in [0.2, 0.25) is 0 Å². The molecule has 0 fully saturated rings. The smallest absolute Gasteiger partial charge is 0.0334 e. The van der Waals surface area contributed by atoms with Crippen LogP contribution in [-0.2, 0) is 0 Å². The van der Waals surface area contributed by atoms with Crippen molar-refractivity contribution in [2.45, 2.75) is 38.0 Å². The number of allylic oxidation sites excluding steroid dienone is 1. The highest BCUT2D eigenvalue weighted by molar-refractivity contribution is 14.1. The highest BCUT2D eigenvalue weighted by atomic mass is 127. The van der Waals surface area contributed by atoms with Gasteiger partial charge in [-0.1, -0.05) is 43.4 Å². The molecule has 0 aromatic carbocycles. The van der Waals surface area contributed by atoms with Gasteiger partial charge < -0.3 is 0 Å². The predicted molar refractivity (Wildman–Crippen MR) is 70.8 cm³/mol. The van der Waals surface area contributed by atoms with E-state index in [1.807, 2.05) is 12.4 Å². The first kappa shape index (κ1) is 12.0. The molecule has 0 saturated carbocycles. The second-order valence-corrected chi connectivity index (χ2v) is 8.08. The van der Waals surface area contributed by atoms with Crippen LogP contribution < -0.4 is 5.43 Å². The molecule has 0 aromatic rings. The van der Waals surface area contributed by atoms with Crippen molar-refractivity contribution in [3.8, 4) is 0 Å². The monoisotopic (exact) mass is 306 g/mol. The summed E-state index contributed by atoms with van der Waals surface area (Å²) < 4.78 is 0.211. The largest absolute Gasteiger partial charge is 0.286 e. The lowest BCUT2D eigenvalue weighted by Gasteiger charge is -2.36. The summed E-state index contributed by atoms with van der Waals surface area (Å²) in [7, 11) is 0. The maximum atomic E-state index is 4.13. The number of hydrogen-bond acceptors (Lipinski definition) is 2. The van der Waals surface area contributed by atoms with Crippen molar-refractivity contribution in [1.29, 1.82) is 0 Å². The molecule has 1 rings (SSSR count). The molecular weight excluding hydrogens is 287 g/mol. The van der Waals surface area contributed by atoms with Crippen molar-refractivity contribution in [3.05, 3.63) is 11.8 Å². The Hall–Kier alpha value is -0.0600. The summed E-state index contributed by atoms with van der Waals surface area (Å²) in [6, 6.07) is 0. The first-order valence-electron chi connectivity index (χ1n) is 4.91. The average molecular weight is 306 g/mol. The summed E-state index contributed by atoms with van der Waals surface area (Å²) in [6.45, 7) is 11.2. The Bertz CT molecular complexity index is 266. The minimum Gasteiger partial charge on any atom is -0.286 e. The van der Waals surface area contributed by atoms with E-state index >= 15 is 0 Å². The number of alkyl halides is 1. The SMILES string of the molecule is CC(C)(C)C1=CNN=C[C@H]1C(C)(C)I. The zero-order valence-electron chi connectivity index (χ0n) is 9.56. The van der Waals surface area contributed by atoms with Gasteiger partial charge in [0.25, 0.3) is 0 Å². The van der Waals surface area contributed by atoms with Crippen LogP contribution in [0.4, 0.5) is 0 Å². The lowest BCUT2D eigenvalue weighted by molar-refractivity contribution is 0.430.